The van der Waals surface area contributed by atoms with E-state index in [9.17, 15) is 14.4 Å². The highest BCUT2D eigenvalue weighted by molar-refractivity contribution is 6.06. The third-order valence-electron chi connectivity index (χ3n) is 11.4. The fraction of sp³-hybridized carbons (Fsp3) is 0.465. The third kappa shape index (κ3) is 6.80. The molecule has 4 aromatic rings. The number of aromatic amines is 1. The summed E-state index contributed by atoms with van der Waals surface area (Å²) in [6.45, 7) is 12.7. The van der Waals surface area contributed by atoms with Crippen LogP contribution in [-0.4, -0.2) is 81.0 Å². The van der Waals surface area contributed by atoms with Gasteiger partial charge in [0.05, 0.1) is 36.8 Å². The van der Waals surface area contributed by atoms with Gasteiger partial charge in [0.25, 0.3) is 0 Å². The van der Waals surface area contributed by atoms with E-state index in [0.717, 1.165) is 87.4 Å². The minimum atomic E-state index is -0.703. The van der Waals surface area contributed by atoms with Crippen molar-refractivity contribution in [3.63, 3.8) is 0 Å². The largest absolute Gasteiger partial charge is 0.488 e. The smallest absolute Gasteiger partial charge is 0.410 e. The maximum Gasteiger partial charge on any atom is 0.410 e. The molecule has 4 atom stereocenters. The lowest BCUT2D eigenvalue weighted by Crippen LogP contribution is -2.52. The average Bonchev–Trinajstić information content (AvgIpc) is 3.97. The van der Waals surface area contributed by atoms with E-state index in [1.807, 2.05) is 57.5 Å². The molecule has 3 amide bonds. The Balaban J connectivity index is 1.02. The van der Waals surface area contributed by atoms with Crippen molar-refractivity contribution >= 4 is 40.3 Å². The number of alkyl carbamates (subject to hydrolysis) is 1. The zero-order chi connectivity index (χ0) is 38.8. The Hall–Kier alpha value is -5.39. The lowest BCUT2D eigenvalue weighted by Gasteiger charge is -2.32. The first-order valence-corrected chi connectivity index (χ1v) is 19.4. The molecule has 2 N–H and O–H groups in total. The number of amides is 3. The molecule has 0 saturated carbocycles. The van der Waals surface area contributed by atoms with Crippen molar-refractivity contribution < 1.29 is 28.6 Å². The van der Waals surface area contributed by atoms with E-state index >= 15 is 0 Å². The van der Waals surface area contributed by atoms with Gasteiger partial charge < -0.3 is 29.4 Å². The monoisotopic (exact) mass is 746 g/mol. The number of hydrogen-bond acceptors (Lipinski definition) is 8. The van der Waals surface area contributed by atoms with Crippen molar-refractivity contribution in [2.75, 3.05) is 13.7 Å². The Morgan fingerprint density at radius 3 is 2.60 bits per heavy atom. The third-order valence-corrected chi connectivity index (χ3v) is 11.4. The maximum absolute atomic E-state index is 13.8. The van der Waals surface area contributed by atoms with Crippen molar-refractivity contribution in [2.24, 2.45) is 10.9 Å². The van der Waals surface area contributed by atoms with Crippen molar-refractivity contribution in [1.29, 1.82) is 0 Å². The number of hydrogen-bond donors (Lipinski definition) is 2. The summed E-state index contributed by atoms with van der Waals surface area (Å²) in [6, 6.07) is 14.0. The van der Waals surface area contributed by atoms with E-state index in [0.29, 0.717) is 19.6 Å². The van der Waals surface area contributed by atoms with Gasteiger partial charge in [-0.25, -0.2) is 14.6 Å². The van der Waals surface area contributed by atoms with E-state index in [1.165, 1.54) is 12.7 Å². The first-order chi connectivity index (χ1) is 26.3. The summed E-state index contributed by atoms with van der Waals surface area (Å²) in [5.41, 5.74) is 7.69. The predicted octanol–water partition coefficient (Wildman–Crippen LogP) is 8.25. The molecule has 288 valence electrons. The fourth-order valence-corrected chi connectivity index (χ4v) is 8.68. The van der Waals surface area contributed by atoms with Gasteiger partial charge in [-0.2, -0.15) is 0 Å². The molecule has 0 spiro atoms. The lowest BCUT2D eigenvalue weighted by atomic mass is 9.91. The van der Waals surface area contributed by atoms with Gasteiger partial charge in [-0.3, -0.25) is 14.7 Å². The van der Waals surface area contributed by atoms with Gasteiger partial charge >= 0.3 is 12.2 Å². The molecule has 1 aromatic heterocycles. The van der Waals surface area contributed by atoms with Crippen LogP contribution in [0.3, 0.4) is 0 Å². The molecule has 0 bridgehead atoms. The number of benzene rings is 3. The minimum absolute atomic E-state index is 0.00115. The second kappa shape index (κ2) is 14.0. The van der Waals surface area contributed by atoms with Crippen LogP contribution in [0.2, 0.25) is 0 Å². The van der Waals surface area contributed by atoms with E-state index in [4.69, 9.17) is 24.2 Å². The number of aromatic nitrogens is 2. The van der Waals surface area contributed by atoms with E-state index in [1.54, 1.807) is 0 Å². The number of likely N-dealkylation sites (tertiary alicyclic amines) is 2. The molecular weight excluding hydrogens is 697 g/mol. The molecule has 4 aliphatic rings. The van der Waals surface area contributed by atoms with Crippen LogP contribution in [0.15, 0.2) is 53.7 Å². The molecule has 12 heteroatoms. The van der Waals surface area contributed by atoms with Crippen LogP contribution in [0, 0.1) is 5.92 Å². The van der Waals surface area contributed by atoms with E-state index < -0.39 is 17.7 Å². The Morgan fingerprint density at radius 1 is 1.02 bits per heavy atom. The quantitative estimate of drug-likeness (QED) is 0.203. The first-order valence-electron chi connectivity index (χ1n) is 19.4. The predicted molar refractivity (Wildman–Crippen MR) is 211 cm³/mol. The zero-order valence-electron chi connectivity index (χ0n) is 32.7. The van der Waals surface area contributed by atoms with Gasteiger partial charge in [-0.05, 0) is 117 Å². The van der Waals surface area contributed by atoms with Gasteiger partial charge in [-0.1, -0.05) is 32.0 Å². The lowest BCUT2D eigenvalue weighted by molar-refractivity contribution is -0.137. The SMILES string of the molecule is COC(=O)N[C@H](C(=O)N1[C@@H](C)CC[C@H]1c1ncc(-c2ccc3c(c2)COc2cc4c5c(ccc4cc2-3)N=C(C2CCCN2C(=O)OC(C)(C)C)C5)[nH]1)C(C)C. The molecule has 0 radical (unpaired) electrons. The van der Waals surface area contributed by atoms with Gasteiger partial charge in [0, 0.05) is 30.3 Å². The summed E-state index contributed by atoms with van der Waals surface area (Å²) < 4.78 is 17.0. The number of carbonyl (C=O) groups is 3. The molecule has 2 saturated heterocycles. The highest BCUT2D eigenvalue weighted by atomic mass is 16.6. The Bertz CT molecular complexity index is 2220. The second-order valence-corrected chi connectivity index (χ2v) is 16.6. The molecule has 3 aromatic carbocycles. The molecule has 55 heavy (non-hydrogen) atoms. The normalized spacial score (nSPS) is 20.8. The standard InChI is InChI=1S/C43H50N6O6/c1-23(2)38(47-41(51)53-7)40(50)49-24(3)10-15-36(49)39-44-21-34(46-39)26-11-13-28-27(17-26)22-54-37-20-29-25(18-31(28)37)12-14-32-30(29)19-33(45-32)35-9-8-16-48(35)42(52)55-43(4,5)6/h11-14,17-18,20-21,23-24,35-36,38H,8-10,15-16,19,22H2,1-7H3,(H,44,46)(H,47,51)/t24-,35?,36-,38-/m0/s1. The topological polar surface area (TPSA) is 138 Å². The first kappa shape index (κ1) is 36.6. The van der Waals surface area contributed by atoms with Crippen molar-refractivity contribution in [3.05, 3.63) is 65.6 Å². The number of aliphatic imine (C=N–C) groups is 1. The van der Waals surface area contributed by atoms with Crippen LogP contribution in [0.4, 0.5) is 15.3 Å². The zero-order valence-corrected chi connectivity index (χ0v) is 32.7. The summed E-state index contributed by atoms with van der Waals surface area (Å²) in [5.74, 6) is 1.32. The van der Waals surface area contributed by atoms with Gasteiger partial charge in [0.15, 0.2) is 0 Å². The molecule has 1 unspecified atom stereocenters. The van der Waals surface area contributed by atoms with E-state index in [-0.39, 0.29) is 36.0 Å². The maximum atomic E-state index is 13.8. The number of ether oxygens (including phenoxy) is 3. The number of methoxy groups -OCH3 is 1. The number of carbonyl (C=O) groups excluding carboxylic acids is 3. The summed E-state index contributed by atoms with van der Waals surface area (Å²) in [4.78, 5) is 56.0. The Morgan fingerprint density at radius 2 is 1.84 bits per heavy atom. The average molecular weight is 747 g/mol. The van der Waals surface area contributed by atoms with Crippen LogP contribution in [-0.2, 0) is 27.3 Å². The number of nitrogens with one attached hydrogen (secondary N) is 2. The van der Waals surface area contributed by atoms with Crippen LogP contribution in [0.1, 0.15) is 90.2 Å². The number of fused-ring (bicyclic) bond motifs is 6. The van der Waals surface area contributed by atoms with Crippen LogP contribution in [0.25, 0.3) is 33.2 Å². The van der Waals surface area contributed by atoms with Crippen LogP contribution < -0.4 is 10.1 Å². The molecule has 0 aliphatic carbocycles. The summed E-state index contributed by atoms with van der Waals surface area (Å²) in [6.07, 6.45) is 5.05. The molecule has 5 heterocycles. The molecule has 12 nitrogen and oxygen atoms in total. The van der Waals surface area contributed by atoms with Gasteiger partial charge in [-0.15, -0.1) is 0 Å². The summed E-state index contributed by atoms with van der Waals surface area (Å²) in [5, 5.41) is 4.97. The molecule has 8 rings (SSSR count). The highest BCUT2D eigenvalue weighted by Crippen LogP contribution is 2.45. The number of imidazole rings is 1. The van der Waals surface area contributed by atoms with Gasteiger partial charge in [0.2, 0.25) is 5.91 Å². The molecular formula is C43H50N6O6. The highest BCUT2D eigenvalue weighted by Gasteiger charge is 2.41. The summed E-state index contributed by atoms with van der Waals surface area (Å²) in [7, 11) is 1.30. The number of H-pyrrole nitrogens is 1. The van der Waals surface area contributed by atoms with Crippen molar-refractivity contribution in [3.8, 4) is 28.1 Å². The minimum Gasteiger partial charge on any atom is -0.488 e. The Labute approximate surface area is 321 Å². The van der Waals surface area contributed by atoms with Gasteiger partial charge in [0.1, 0.15) is 29.8 Å². The van der Waals surface area contributed by atoms with Crippen LogP contribution >= 0.6 is 0 Å². The van der Waals surface area contributed by atoms with Crippen molar-refractivity contribution in [1.82, 2.24) is 25.1 Å². The molecule has 4 aliphatic heterocycles. The molecule has 2 fully saturated rings. The number of rotatable bonds is 6. The number of nitrogens with zero attached hydrogens (tertiary/aromatic N) is 4. The fourth-order valence-electron chi connectivity index (χ4n) is 8.68. The van der Waals surface area contributed by atoms with Crippen molar-refractivity contribution in [2.45, 2.75) is 110 Å². The Kier molecular flexibility index (Phi) is 9.33. The van der Waals surface area contributed by atoms with Crippen LogP contribution in [0.5, 0.6) is 5.75 Å². The second-order valence-electron chi connectivity index (χ2n) is 16.6. The summed E-state index contributed by atoms with van der Waals surface area (Å²) >= 11 is 0. The van der Waals surface area contributed by atoms with E-state index in [2.05, 4.69) is 52.8 Å².